The third-order valence-electron chi connectivity index (χ3n) is 6.56. The van der Waals surface area contributed by atoms with Crippen LogP contribution in [0.15, 0.2) is 59.1 Å². The average Bonchev–Trinajstić information content (AvgIpc) is 3.25. The summed E-state index contributed by atoms with van der Waals surface area (Å²) >= 11 is 0. The lowest BCUT2D eigenvalue weighted by molar-refractivity contribution is -0.151. The normalized spacial score (nSPS) is 20.1. The molecular formula is C24H20F3N3O4S. The molecule has 1 fully saturated rings. The molecule has 182 valence electrons. The third-order valence-corrected chi connectivity index (χ3v) is 8.40. The number of carbonyl (C=O) groups is 1. The molecule has 0 unspecified atom stereocenters. The second-order valence-electron chi connectivity index (χ2n) is 8.53. The van der Waals surface area contributed by atoms with Crippen LogP contribution in [-0.4, -0.2) is 48.7 Å². The zero-order valence-electron chi connectivity index (χ0n) is 18.5. The van der Waals surface area contributed by atoms with Crippen molar-refractivity contribution in [1.29, 1.82) is 0 Å². The second-order valence-corrected chi connectivity index (χ2v) is 10.5. The summed E-state index contributed by atoms with van der Waals surface area (Å²) < 4.78 is 74.9. The Bertz CT molecular complexity index is 1470. The van der Waals surface area contributed by atoms with Gasteiger partial charge in [-0.2, -0.15) is 9.40 Å². The highest BCUT2D eigenvalue weighted by atomic mass is 32.2. The van der Waals surface area contributed by atoms with Gasteiger partial charge in [-0.25, -0.2) is 26.3 Å². The first-order valence-electron chi connectivity index (χ1n) is 10.7. The van der Waals surface area contributed by atoms with Crippen molar-refractivity contribution in [3.05, 3.63) is 82.9 Å². The van der Waals surface area contributed by atoms with Crippen LogP contribution >= 0.6 is 0 Å². The summed E-state index contributed by atoms with van der Waals surface area (Å²) in [7, 11) is -2.98. The summed E-state index contributed by atoms with van der Waals surface area (Å²) in [5, 5.41) is 4.39. The molecule has 1 aliphatic heterocycles. The molecule has 1 aromatic heterocycles. The summed E-state index contributed by atoms with van der Waals surface area (Å²) in [5.41, 5.74) is 1.41. The van der Waals surface area contributed by atoms with Crippen LogP contribution in [-0.2, 0) is 26.0 Å². The Morgan fingerprint density at radius 1 is 1.09 bits per heavy atom. The smallest absolute Gasteiger partial charge is 0.317 e. The van der Waals surface area contributed by atoms with E-state index in [0.29, 0.717) is 28.6 Å². The Balaban J connectivity index is 1.54. The quantitative estimate of drug-likeness (QED) is 0.510. The van der Waals surface area contributed by atoms with Crippen LogP contribution in [0.5, 0.6) is 0 Å². The molecule has 11 heteroatoms. The summed E-state index contributed by atoms with van der Waals surface area (Å²) in [6.07, 6.45) is 3.73. The van der Waals surface area contributed by atoms with Gasteiger partial charge in [-0.1, -0.05) is 0 Å². The molecule has 5 rings (SSSR count). The number of nitrogens with zero attached hydrogens (tertiary/aromatic N) is 3. The number of carbonyl (C=O) groups excluding carboxylic acids is 1. The molecule has 1 saturated heterocycles. The lowest BCUT2D eigenvalue weighted by atomic mass is 9.69. The van der Waals surface area contributed by atoms with Crippen LogP contribution in [0, 0.1) is 22.9 Å². The molecule has 7 nitrogen and oxygen atoms in total. The van der Waals surface area contributed by atoms with Gasteiger partial charge in [0.1, 0.15) is 11.2 Å². The minimum absolute atomic E-state index is 0.0337. The molecule has 3 aromatic rings. The van der Waals surface area contributed by atoms with Crippen molar-refractivity contribution in [1.82, 2.24) is 14.1 Å². The van der Waals surface area contributed by atoms with Crippen LogP contribution in [0.1, 0.15) is 17.7 Å². The molecule has 2 heterocycles. The number of aromatic nitrogens is 2. The van der Waals surface area contributed by atoms with Crippen molar-refractivity contribution in [2.75, 3.05) is 20.2 Å². The molecule has 35 heavy (non-hydrogen) atoms. The number of rotatable bonds is 4. The predicted octanol–water partition coefficient (Wildman–Crippen LogP) is 3.48. The number of halogens is 3. The van der Waals surface area contributed by atoms with Crippen molar-refractivity contribution in [2.45, 2.75) is 17.7 Å². The van der Waals surface area contributed by atoms with E-state index in [0.717, 1.165) is 16.4 Å². The number of fused-ring (bicyclic) bond motifs is 2. The molecule has 0 bridgehead atoms. The highest BCUT2D eigenvalue weighted by molar-refractivity contribution is 7.89. The maximum Gasteiger partial charge on any atom is 0.317 e. The molecule has 1 aliphatic carbocycles. The summed E-state index contributed by atoms with van der Waals surface area (Å²) in [6.45, 7) is -0.195. The zero-order chi connectivity index (χ0) is 25.0. The summed E-state index contributed by atoms with van der Waals surface area (Å²) in [4.78, 5) is 12.7. The number of methoxy groups -OCH3 is 1. The Morgan fingerprint density at radius 2 is 1.83 bits per heavy atom. The first-order chi connectivity index (χ1) is 16.7. The van der Waals surface area contributed by atoms with Crippen molar-refractivity contribution in [3.63, 3.8) is 0 Å². The van der Waals surface area contributed by atoms with Gasteiger partial charge in [0, 0.05) is 13.1 Å². The van der Waals surface area contributed by atoms with Gasteiger partial charge >= 0.3 is 5.97 Å². The number of hydrogen-bond acceptors (Lipinski definition) is 5. The Morgan fingerprint density at radius 3 is 2.51 bits per heavy atom. The van der Waals surface area contributed by atoms with Crippen LogP contribution in [0.2, 0.25) is 0 Å². The maximum absolute atomic E-state index is 13.8. The van der Waals surface area contributed by atoms with Gasteiger partial charge in [0.15, 0.2) is 11.6 Å². The largest absolute Gasteiger partial charge is 0.468 e. The highest BCUT2D eigenvalue weighted by Crippen LogP contribution is 2.46. The fourth-order valence-corrected chi connectivity index (χ4v) is 6.27. The molecule has 0 saturated carbocycles. The summed E-state index contributed by atoms with van der Waals surface area (Å²) in [6, 6.07) is 8.19. The monoisotopic (exact) mass is 503 g/mol. The van der Waals surface area contributed by atoms with E-state index in [1.54, 1.807) is 29.1 Å². The lowest BCUT2D eigenvalue weighted by Crippen LogP contribution is -2.53. The topological polar surface area (TPSA) is 81.5 Å². The van der Waals surface area contributed by atoms with E-state index in [1.165, 1.54) is 19.2 Å². The number of hydrogen-bond donors (Lipinski definition) is 0. The minimum atomic E-state index is -4.22. The number of piperidine rings is 1. The van der Waals surface area contributed by atoms with E-state index in [-0.39, 0.29) is 31.7 Å². The minimum Gasteiger partial charge on any atom is -0.468 e. The molecule has 2 aromatic carbocycles. The van der Waals surface area contributed by atoms with Crippen molar-refractivity contribution < 1.29 is 31.1 Å². The van der Waals surface area contributed by atoms with E-state index in [1.807, 2.05) is 0 Å². The SMILES string of the molecule is COC(=O)[C@]12Cc3cnn(-c4ccc(F)cc4)c3C=C1CCN(S(=O)(=O)c1ccc(F)c(F)c1)C2. The average molecular weight is 504 g/mol. The second kappa shape index (κ2) is 8.35. The summed E-state index contributed by atoms with van der Waals surface area (Å²) in [5.74, 6) is -3.42. The Hall–Kier alpha value is -3.44. The number of benzene rings is 2. The fraction of sp³-hybridized carbons (Fsp3) is 0.250. The number of esters is 1. The van der Waals surface area contributed by atoms with Gasteiger partial charge in [-0.3, -0.25) is 4.79 Å². The zero-order valence-corrected chi connectivity index (χ0v) is 19.4. The van der Waals surface area contributed by atoms with Gasteiger partial charge in [0.05, 0.1) is 29.6 Å². The fourth-order valence-electron chi connectivity index (χ4n) is 4.76. The van der Waals surface area contributed by atoms with E-state index in [4.69, 9.17) is 4.74 Å². The Labute approximate surface area is 199 Å². The van der Waals surface area contributed by atoms with Gasteiger partial charge in [0.2, 0.25) is 10.0 Å². The van der Waals surface area contributed by atoms with Crippen LogP contribution in [0.25, 0.3) is 11.8 Å². The lowest BCUT2D eigenvalue weighted by Gasteiger charge is -2.43. The molecule has 0 spiro atoms. The first kappa shape index (κ1) is 23.3. The predicted molar refractivity (Wildman–Crippen MR) is 119 cm³/mol. The van der Waals surface area contributed by atoms with Crippen molar-refractivity contribution >= 4 is 22.1 Å². The van der Waals surface area contributed by atoms with E-state index >= 15 is 0 Å². The molecule has 1 atom stereocenters. The molecular weight excluding hydrogens is 483 g/mol. The van der Waals surface area contributed by atoms with Crippen LogP contribution in [0.4, 0.5) is 13.2 Å². The standard InChI is InChI=1S/C24H20F3N3O4S/c1-34-23(31)24-12-15-13-28-30(18-4-2-17(25)3-5-18)22(15)10-16(24)8-9-29(14-24)35(32,33)19-6-7-20(26)21(27)11-19/h2-7,10-11,13H,8-9,12,14H2,1H3/t24-/m0/s1. The first-order valence-corrected chi connectivity index (χ1v) is 12.2. The van der Waals surface area contributed by atoms with Gasteiger partial charge < -0.3 is 4.74 Å². The van der Waals surface area contributed by atoms with Crippen LogP contribution in [0.3, 0.4) is 0 Å². The van der Waals surface area contributed by atoms with Gasteiger partial charge in [-0.05, 0) is 72.5 Å². The molecule has 2 aliphatic rings. The maximum atomic E-state index is 13.8. The van der Waals surface area contributed by atoms with E-state index < -0.39 is 37.9 Å². The molecule has 0 N–H and O–H groups in total. The molecule has 0 amide bonds. The van der Waals surface area contributed by atoms with Crippen LogP contribution < -0.4 is 0 Å². The van der Waals surface area contributed by atoms with E-state index in [2.05, 4.69) is 5.10 Å². The molecule has 0 radical (unpaired) electrons. The Kier molecular flexibility index (Phi) is 5.56. The van der Waals surface area contributed by atoms with E-state index in [9.17, 15) is 26.4 Å². The van der Waals surface area contributed by atoms with Crippen molar-refractivity contribution in [2.24, 2.45) is 5.41 Å². The number of ether oxygens (including phenoxy) is 1. The highest BCUT2D eigenvalue weighted by Gasteiger charge is 2.51. The number of sulfonamides is 1. The van der Waals surface area contributed by atoms with Gasteiger partial charge in [-0.15, -0.1) is 0 Å². The third kappa shape index (κ3) is 3.75. The van der Waals surface area contributed by atoms with Gasteiger partial charge in [0.25, 0.3) is 0 Å². The van der Waals surface area contributed by atoms with Crippen molar-refractivity contribution in [3.8, 4) is 5.69 Å².